The predicted octanol–water partition coefficient (Wildman–Crippen LogP) is 4.19. The van der Waals surface area contributed by atoms with E-state index in [1.807, 2.05) is 55.5 Å². The molecule has 0 saturated carbocycles. The summed E-state index contributed by atoms with van der Waals surface area (Å²) in [6.45, 7) is 6.10. The number of nitrogens with zero attached hydrogens (tertiary/aromatic N) is 2. The zero-order valence-electron chi connectivity index (χ0n) is 15.0. The Morgan fingerprint density at radius 1 is 1.19 bits per heavy atom. The molecule has 1 heterocycles. The Morgan fingerprint density at radius 2 is 1.96 bits per heavy atom. The second-order valence-electron chi connectivity index (χ2n) is 6.35. The van der Waals surface area contributed by atoms with Crippen LogP contribution in [0.3, 0.4) is 0 Å². The van der Waals surface area contributed by atoms with E-state index in [4.69, 9.17) is 9.26 Å². The van der Waals surface area contributed by atoms with Gasteiger partial charge in [0.15, 0.2) is 6.61 Å². The SMILES string of the molecule is Cc1cccc(-c2nc(NC(=O)COc3ccc(C(C)C)cc3)no2)c1. The molecular weight excluding hydrogens is 330 g/mol. The molecule has 0 atom stereocenters. The fraction of sp³-hybridized carbons (Fsp3) is 0.250. The first-order chi connectivity index (χ1) is 12.5. The number of ether oxygens (including phenoxy) is 1. The summed E-state index contributed by atoms with van der Waals surface area (Å²) in [5.74, 6) is 1.21. The fourth-order valence-electron chi connectivity index (χ4n) is 2.43. The number of anilines is 1. The van der Waals surface area contributed by atoms with Crippen molar-refractivity contribution in [1.82, 2.24) is 10.1 Å². The van der Waals surface area contributed by atoms with E-state index in [0.29, 0.717) is 17.6 Å². The van der Waals surface area contributed by atoms with Gasteiger partial charge in [0.05, 0.1) is 0 Å². The summed E-state index contributed by atoms with van der Waals surface area (Å²) in [6.07, 6.45) is 0. The van der Waals surface area contributed by atoms with Crippen molar-refractivity contribution in [2.45, 2.75) is 26.7 Å². The number of amides is 1. The molecule has 0 saturated heterocycles. The molecule has 3 aromatic rings. The van der Waals surface area contributed by atoms with Gasteiger partial charge in [0, 0.05) is 5.56 Å². The molecule has 26 heavy (non-hydrogen) atoms. The van der Waals surface area contributed by atoms with Crippen molar-refractivity contribution in [1.29, 1.82) is 0 Å². The van der Waals surface area contributed by atoms with E-state index in [2.05, 4.69) is 29.3 Å². The largest absolute Gasteiger partial charge is 0.484 e. The molecule has 0 radical (unpaired) electrons. The van der Waals surface area contributed by atoms with Gasteiger partial charge in [0.1, 0.15) is 5.75 Å². The lowest BCUT2D eigenvalue weighted by molar-refractivity contribution is -0.118. The van der Waals surface area contributed by atoms with Crippen LogP contribution in [-0.4, -0.2) is 22.7 Å². The number of aromatic nitrogens is 2. The van der Waals surface area contributed by atoms with E-state index in [1.165, 1.54) is 5.56 Å². The van der Waals surface area contributed by atoms with E-state index >= 15 is 0 Å². The predicted molar refractivity (Wildman–Crippen MR) is 99.1 cm³/mol. The molecule has 0 aliphatic rings. The highest BCUT2D eigenvalue weighted by Gasteiger charge is 2.12. The Kier molecular flexibility index (Phi) is 5.31. The number of nitrogens with one attached hydrogen (secondary N) is 1. The second-order valence-corrected chi connectivity index (χ2v) is 6.35. The van der Waals surface area contributed by atoms with Crippen molar-refractivity contribution >= 4 is 11.9 Å². The summed E-state index contributed by atoms with van der Waals surface area (Å²) in [5.41, 5.74) is 3.11. The Hall–Kier alpha value is -3.15. The molecule has 0 bridgehead atoms. The molecule has 3 rings (SSSR count). The van der Waals surface area contributed by atoms with Gasteiger partial charge in [0.25, 0.3) is 17.7 Å². The molecule has 1 N–H and O–H groups in total. The molecule has 0 fully saturated rings. The first-order valence-corrected chi connectivity index (χ1v) is 8.44. The molecule has 6 nitrogen and oxygen atoms in total. The van der Waals surface area contributed by atoms with Crippen molar-refractivity contribution < 1.29 is 14.1 Å². The van der Waals surface area contributed by atoms with Gasteiger partial charge in [-0.2, -0.15) is 4.98 Å². The van der Waals surface area contributed by atoms with Crippen molar-refractivity contribution in [3.63, 3.8) is 0 Å². The first-order valence-electron chi connectivity index (χ1n) is 8.44. The summed E-state index contributed by atoms with van der Waals surface area (Å²) < 4.78 is 10.7. The number of carbonyl (C=O) groups excluding carboxylic acids is 1. The van der Waals surface area contributed by atoms with Gasteiger partial charge >= 0.3 is 0 Å². The first kappa shape index (κ1) is 17.7. The monoisotopic (exact) mass is 351 g/mol. The topological polar surface area (TPSA) is 77.2 Å². The average molecular weight is 351 g/mol. The van der Waals surface area contributed by atoms with Crippen LogP contribution in [0.2, 0.25) is 0 Å². The molecule has 0 aliphatic heterocycles. The summed E-state index contributed by atoms with van der Waals surface area (Å²) in [4.78, 5) is 16.2. The molecule has 1 amide bonds. The zero-order chi connectivity index (χ0) is 18.5. The lowest BCUT2D eigenvalue weighted by atomic mass is 10.0. The average Bonchev–Trinajstić information content (AvgIpc) is 3.09. The molecule has 6 heteroatoms. The Balaban J connectivity index is 1.55. The van der Waals surface area contributed by atoms with Gasteiger partial charge in [0.2, 0.25) is 0 Å². The van der Waals surface area contributed by atoms with Crippen molar-refractivity contribution in [2.75, 3.05) is 11.9 Å². The lowest BCUT2D eigenvalue weighted by Crippen LogP contribution is -2.20. The summed E-state index contributed by atoms with van der Waals surface area (Å²) >= 11 is 0. The van der Waals surface area contributed by atoms with Crippen LogP contribution in [0.5, 0.6) is 5.75 Å². The van der Waals surface area contributed by atoms with E-state index in [1.54, 1.807) is 0 Å². The summed E-state index contributed by atoms with van der Waals surface area (Å²) in [7, 11) is 0. The standard InChI is InChI=1S/C20H21N3O3/c1-13(2)15-7-9-17(10-8-15)25-12-18(24)21-20-22-19(26-23-20)16-6-4-5-14(3)11-16/h4-11,13H,12H2,1-3H3,(H,21,23,24). The number of carbonyl (C=O) groups is 1. The summed E-state index contributed by atoms with van der Waals surface area (Å²) in [6, 6.07) is 15.4. The van der Waals surface area contributed by atoms with Gasteiger partial charge in [-0.05, 0) is 47.8 Å². The molecule has 1 aromatic heterocycles. The van der Waals surface area contributed by atoms with Crippen LogP contribution >= 0.6 is 0 Å². The second kappa shape index (κ2) is 7.82. The third kappa shape index (κ3) is 4.47. The highest BCUT2D eigenvalue weighted by atomic mass is 16.5. The van der Waals surface area contributed by atoms with E-state index in [0.717, 1.165) is 11.1 Å². The lowest BCUT2D eigenvalue weighted by Gasteiger charge is -2.08. The molecule has 134 valence electrons. The smallest absolute Gasteiger partial charge is 0.270 e. The molecule has 0 aliphatic carbocycles. The third-order valence-electron chi connectivity index (χ3n) is 3.86. The van der Waals surface area contributed by atoms with E-state index in [-0.39, 0.29) is 18.5 Å². The maximum atomic E-state index is 12.0. The molecule has 2 aromatic carbocycles. The maximum absolute atomic E-state index is 12.0. The van der Waals surface area contributed by atoms with E-state index < -0.39 is 0 Å². The van der Waals surface area contributed by atoms with Crippen molar-refractivity contribution in [3.05, 3.63) is 59.7 Å². The third-order valence-corrected chi connectivity index (χ3v) is 3.86. The Morgan fingerprint density at radius 3 is 2.65 bits per heavy atom. The molecule has 0 spiro atoms. The maximum Gasteiger partial charge on any atom is 0.270 e. The number of hydrogen-bond donors (Lipinski definition) is 1. The number of hydrogen-bond acceptors (Lipinski definition) is 5. The van der Waals surface area contributed by atoms with Gasteiger partial charge in [-0.25, -0.2) is 0 Å². The zero-order valence-corrected chi connectivity index (χ0v) is 15.0. The molecular formula is C20H21N3O3. The van der Waals surface area contributed by atoms with Crippen molar-refractivity contribution in [2.24, 2.45) is 0 Å². The minimum Gasteiger partial charge on any atom is -0.484 e. The van der Waals surface area contributed by atoms with E-state index in [9.17, 15) is 4.79 Å². The molecule has 0 unspecified atom stereocenters. The van der Waals surface area contributed by atoms with Gasteiger partial charge < -0.3 is 9.26 Å². The highest BCUT2D eigenvalue weighted by Crippen LogP contribution is 2.20. The number of aryl methyl sites for hydroxylation is 1. The number of rotatable bonds is 6. The van der Waals surface area contributed by atoms with Gasteiger partial charge in [-0.1, -0.05) is 43.7 Å². The van der Waals surface area contributed by atoms with Crippen LogP contribution in [0.4, 0.5) is 5.95 Å². The minimum absolute atomic E-state index is 0.116. The Labute approximate surface area is 152 Å². The highest BCUT2D eigenvalue weighted by molar-refractivity contribution is 5.90. The number of benzene rings is 2. The van der Waals surface area contributed by atoms with Crippen LogP contribution in [0, 0.1) is 6.92 Å². The van der Waals surface area contributed by atoms with Crippen LogP contribution in [-0.2, 0) is 4.79 Å². The minimum atomic E-state index is -0.352. The van der Waals surface area contributed by atoms with Gasteiger partial charge in [-0.3, -0.25) is 10.1 Å². The quantitative estimate of drug-likeness (QED) is 0.721. The van der Waals surface area contributed by atoms with Crippen LogP contribution in [0.1, 0.15) is 30.9 Å². The van der Waals surface area contributed by atoms with Crippen LogP contribution in [0.25, 0.3) is 11.5 Å². The van der Waals surface area contributed by atoms with Crippen LogP contribution in [0.15, 0.2) is 53.1 Å². The Bertz CT molecular complexity index is 885. The normalized spacial score (nSPS) is 10.8. The fourth-order valence-corrected chi connectivity index (χ4v) is 2.43. The summed E-state index contributed by atoms with van der Waals surface area (Å²) in [5, 5.41) is 6.34. The van der Waals surface area contributed by atoms with Crippen molar-refractivity contribution in [3.8, 4) is 17.2 Å². The van der Waals surface area contributed by atoms with Gasteiger partial charge in [-0.15, -0.1) is 0 Å². The van der Waals surface area contributed by atoms with Crippen LogP contribution < -0.4 is 10.1 Å².